The summed E-state index contributed by atoms with van der Waals surface area (Å²) < 4.78 is 1.92. The van der Waals surface area contributed by atoms with Crippen LogP contribution in [0.4, 0.5) is 0 Å². The van der Waals surface area contributed by atoms with E-state index in [0.717, 1.165) is 32.1 Å². The van der Waals surface area contributed by atoms with Crippen LogP contribution in [0.25, 0.3) is 0 Å². The largest absolute Gasteiger partial charge is 0.316 e. The summed E-state index contributed by atoms with van der Waals surface area (Å²) in [6.07, 6.45) is 3.12. The zero-order valence-corrected chi connectivity index (χ0v) is 11.6. The molecule has 0 radical (unpaired) electrons. The lowest BCUT2D eigenvalue weighted by Crippen LogP contribution is -2.24. The van der Waals surface area contributed by atoms with Crippen molar-refractivity contribution in [3.63, 3.8) is 0 Å². The van der Waals surface area contributed by atoms with Gasteiger partial charge in [0.25, 0.3) is 0 Å². The lowest BCUT2D eigenvalue weighted by molar-refractivity contribution is 0.530. The predicted molar refractivity (Wildman–Crippen MR) is 72.0 cm³/mol. The highest BCUT2D eigenvalue weighted by molar-refractivity contribution is 5.15. The quantitative estimate of drug-likeness (QED) is 0.674. The Morgan fingerprint density at radius 1 is 1.29 bits per heavy atom. The van der Waals surface area contributed by atoms with Gasteiger partial charge in [-0.1, -0.05) is 13.8 Å². The Balaban J connectivity index is 2.03. The zero-order valence-electron chi connectivity index (χ0n) is 11.6. The standard InChI is InChI=1S/C13H26N4/c1-11(2)8-14-6-5-7-15-9-13-10-16-17(4)12(13)3/h10-11,14-15H,5-9H2,1-4H3. The van der Waals surface area contributed by atoms with Gasteiger partial charge in [-0.3, -0.25) is 4.68 Å². The molecule has 0 amide bonds. The van der Waals surface area contributed by atoms with Gasteiger partial charge in [0, 0.05) is 24.8 Å². The molecule has 0 aliphatic rings. The van der Waals surface area contributed by atoms with Crippen molar-refractivity contribution < 1.29 is 0 Å². The van der Waals surface area contributed by atoms with Crippen molar-refractivity contribution in [2.24, 2.45) is 13.0 Å². The SMILES string of the molecule is Cc1c(CNCCCNCC(C)C)cnn1C. The third-order valence-electron chi connectivity index (χ3n) is 2.91. The van der Waals surface area contributed by atoms with E-state index in [1.54, 1.807) is 0 Å². The minimum Gasteiger partial charge on any atom is -0.316 e. The van der Waals surface area contributed by atoms with Gasteiger partial charge in [-0.05, 0) is 38.9 Å². The highest BCUT2D eigenvalue weighted by atomic mass is 15.3. The van der Waals surface area contributed by atoms with E-state index in [4.69, 9.17) is 0 Å². The maximum Gasteiger partial charge on any atom is 0.0537 e. The fourth-order valence-electron chi connectivity index (χ4n) is 1.67. The molecule has 1 aromatic heterocycles. The molecule has 0 aromatic carbocycles. The molecule has 2 N–H and O–H groups in total. The van der Waals surface area contributed by atoms with Crippen LogP contribution in [0.5, 0.6) is 0 Å². The Morgan fingerprint density at radius 2 is 2.00 bits per heavy atom. The fraction of sp³-hybridized carbons (Fsp3) is 0.769. The second-order valence-electron chi connectivity index (χ2n) is 5.01. The highest BCUT2D eigenvalue weighted by Crippen LogP contribution is 2.04. The molecule has 0 aliphatic heterocycles. The molecule has 0 fully saturated rings. The van der Waals surface area contributed by atoms with Crippen LogP contribution < -0.4 is 10.6 Å². The second-order valence-corrected chi connectivity index (χ2v) is 5.01. The van der Waals surface area contributed by atoms with Gasteiger partial charge < -0.3 is 10.6 Å². The van der Waals surface area contributed by atoms with E-state index in [1.807, 2.05) is 17.9 Å². The minimum absolute atomic E-state index is 0.737. The monoisotopic (exact) mass is 238 g/mol. The predicted octanol–water partition coefficient (Wildman–Crippen LogP) is 1.45. The summed E-state index contributed by atoms with van der Waals surface area (Å²) in [5, 5.41) is 11.1. The molecule has 0 saturated carbocycles. The third-order valence-corrected chi connectivity index (χ3v) is 2.91. The molecular weight excluding hydrogens is 212 g/mol. The molecule has 0 atom stereocenters. The Morgan fingerprint density at radius 3 is 2.59 bits per heavy atom. The zero-order chi connectivity index (χ0) is 12.7. The summed E-state index contributed by atoms with van der Waals surface area (Å²) in [5.41, 5.74) is 2.54. The summed E-state index contributed by atoms with van der Waals surface area (Å²) in [4.78, 5) is 0. The van der Waals surface area contributed by atoms with Gasteiger partial charge in [0.1, 0.15) is 0 Å². The van der Waals surface area contributed by atoms with Crippen LogP contribution >= 0.6 is 0 Å². The van der Waals surface area contributed by atoms with Gasteiger partial charge in [0.2, 0.25) is 0 Å². The van der Waals surface area contributed by atoms with Crippen LogP contribution in [0.15, 0.2) is 6.20 Å². The molecule has 4 nitrogen and oxygen atoms in total. The maximum absolute atomic E-state index is 4.23. The molecule has 98 valence electrons. The topological polar surface area (TPSA) is 41.9 Å². The van der Waals surface area contributed by atoms with Gasteiger partial charge in [-0.15, -0.1) is 0 Å². The van der Waals surface area contributed by atoms with E-state index in [-0.39, 0.29) is 0 Å². The number of hydrogen-bond donors (Lipinski definition) is 2. The lowest BCUT2D eigenvalue weighted by atomic mass is 10.2. The number of hydrogen-bond acceptors (Lipinski definition) is 3. The molecule has 0 spiro atoms. The number of aromatic nitrogens is 2. The average Bonchev–Trinajstić information content (AvgIpc) is 2.59. The van der Waals surface area contributed by atoms with Crippen molar-refractivity contribution >= 4 is 0 Å². The summed E-state index contributed by atoms with van der Waals surface area (Å²) in [6, 6.07) is 0. The van der Waals surface area contributed by atoms with Gasteiger partial charge in [-0.25, -0.2) is 0 Å². The molecule has 1 aromatic rings. The number of nitrogens with one attached hydrogen (secondary N) is 2. The van der Waals surface area contributed by atoms with Gasteiger partial charge in [-0.2, -0.15) is 5.10 Å². The van der Waals surface area contributed by atoms with E-state index in [2.05, 4.69) is 36.5 Å². The van der Waals surface area contributed by atoms with Crippen molar-refractivity contribution in [3.8, 4) is 0 Å². The molecule has 0 bridgehead atoms. The fourth-order valence-corrected chi connectivity index (χ4v) is 1.67. The van der Waals surface area contributed by atoms with Crippen molar-refractivity contribution in [2.45, 2.75) is 33.7 Å². The van der Waals surface area contributed by atoms with Crippen molar-refractivity contribution in [1.82, 2.24) is 20.4 Å². The summed E-state index contributed by atoms with van der Waals surface area (Å²) >= 11 is 0. The summed E-state index contributed by atoms with van der Waals surface area (Å²) in [5.74, 6) is 0.737. The Labute approximate surface area is 105 Å². The Hall–Kier alpha value is -0.870. The molecule has 1 heterocycles. The van der Waals surface area contributed by atoms with Gasteiger partial charge in [0.05, 0.1) is 6.20 Å². The highest BCUT2D eigenvalue weighted by Gasteiger charge is 2.02. The van der Waals surface area contributed by atoms with Gasteiger partial charge in [0.15, 0.2) is 0 Å². The first-order chi connectivity index (χ1) is 8.11. The van der Waals surface area contributed by atoms with Crippen molar-refractivity contribution in [1.29, 1.82) is 0 Å². The van der Waals surface area contributed by atoms with Crippen LogP contribution in [0.2, 0.25) is 0 Å². The number of aryl methyl sites for hydroxylation is 1. The molecule has 0 aliphatic carbocycles. The first-order valence-electron chi connectivity index (χ1n) is 6.50. The third kappa shape index (κ3) is 5.33. The first-order valence-corrected chi connectivity index (χ1v) is 6.50. The van der Waals surface area contributed by atoms with Crippen molar-refractivity contribution in [3.05, 3.63) is 17.5 Å². The smallest absolute Gasteiger partial charge is 0.0537 e. The van der Waals surface area contributed by atoms with Crippen LogP contribution in [0.3, 0.4) is 0 Å². The number of rotatable bonds is 8. The maximum atomic E-state index is 4.23. The lowest BCUT2D eigenvalue weighted by Gasteiger charge is -2.08. The van der Waals surface area contributed by atoms with Crippen LogP contribution in [0.1, 0.15) is 31.5 Å². The van der Waals surface area contributed by atoms with E-state index in [1.165, 1.54) is 17.7 Å². The van der Waals surface area contributed by atoms with Crippen molar-refractivity contribution in [2.75, 3.05) is 19.6 Å². The molecule has 17 heavy (non-hydrogen) atoms. The summed E-state index contributed by atoms with van der Waals surface area (Å²) in [7, 11) is 1.98. The number of nitrogens with zero attached hydrogens (tertiary/aromatic N) is 2. The molecule has 0 unspecified atom stereocenters. The van der Waals surface area contributed by atoms with E-state index >= 15 is 0 Å². The Bertz CT molecular complexity index is 317. The first kappa shape index (κ1) is 14.2. The van der Waals surface area contributed by atoms with Crippen LogP contribution in [-0.4, -0.2) is 29.4 Å². The van der Waals surface area contributed by atoms with E-state index < -0.39 is 0 Å². The molecule has 4 heteroatoms. The van der Waals surface area contributed by atoms with E-state index in [9.17, 15) is 0 Å². The molecule has 0 saturated heterocycles. The second kappa shape index (κ2) is 7.45. The van der Waals surface area contributed by atoms with Gasteiger partial charge >= 0.3 is 0 Å². The van der Waals surface area contributed by atoms with Crippen LogP contribution in [0, 0.1) is 12.8 Å². The average molecular weight is 238 g/mol. The van der Waals surface area contributed by atoms with E-state index in [0.29, 0.717) is 0 Å². The minimum atomic E-state index is 0.737. The molecular formula is C13H26N4. The molecule has 1 rings (SSSR count). The summed E-state index contributed by atoms with van der Waals surface area (Å²) in [6.45, 7) is 10.8. The van der Waals surface area contributed by atoms with Crippen LogP contribution in [-0.2, 0) is 13.6 Å². The Kier molecular flexibility index (Phi) is 6.22. The normalized spacial score (nSPS) is 11.4.